The van der Waals surface area contributed by atoms with E-state index in [4.69, 9.17) is 21.1 Å². The SMILES string of the molecule is COc1ccc(CN(C(=O)COC(=O)c2c(C)nn(C)c2Cl)C2CC2)cc1. The van der Waals surface area contributed by atoms with Gasteiger partial charge in [-0.2, -0.15) is 5.10 Å². The fourth-order valence-electron chi connectivity index (χ4n) is 2.88. The van der Waals surface area contributed by atoms with Gasteiger partial charge in [-0.05, 0) is 37.5 Å². The van der Waals surface area contributed by atoms with Crippen molar-refractivity contribution in [1.29, 1.82) is 0 Å². The molecule has 1 amide bonds. The summed E-state index contributed by atoms with van der Waals surface area (Å²) in [5.41, 5.74) is 1.66. The number of ether oxygens (including phenoxy) is 2. The molecular formula is C19H22ClN3O4. The van der Waals surface area contributed by atoms with Crippen LogP contribution < -0.4 is 4.74 Å². The number of nitrogens with zero attached hydrogens (tertiary/aromatic N) is 3. The maximum atomic E-state index is 12.6. The number of carbonyl (C=O) groups excluding carboxylic acids is 2. The summed E-state index contributed by atoms with van der Waals surface area (Å²) in [6.07, 6.45) is 1.92. The molecular weight excluding hydrogens is 370 g/mol. The standard InChI is InChI=1S/C19H22ClN3O4/c1-12-17(18(20)22(2)21-12)19(25)27-11-16(24)23(14-6-7-14)10-13-4-8-15(26-3)9-5-13/h4-5,8-9,14H,6-7,10-11H2,1-3H3. The van der Waals surface area contributed by atoms with E-state index < -0.39 is 5.97 Å². The van der Waals surface area contributed by atoms with E-state index >= 15 is 0 Å². The van der Waals surface area contributed by atoms with Crippen LogP contribution in [0.3, 0.4) is 0 Å². The Hall–Kier alpha value is -2.54. The highest BCUT2D eigenvalue weighted by Crippen LogP contribution is 2.29. The third-order valence-electron chi connectivity index (χ3n) is 4.50. The minimum absolute atomic E-state index is 0.195. The van der Waals surface area contributed by atoms with Crippen molar-refractivity contribution in [2.45, 2.75) is 32.4 Å². The Morgan fingerprint density at radius 1 is 1.30 bits per heavy atom. The number of amides is 1. The van der Waals surface area contributed by atoms with Crippen LogP contribution in [0.5, 0.6) is 5.75 Å². The number of aromatic nitrogens is 2. The minimum atomic E-state index is -0.640. The third-order valence-corrected chi connectivity index (χ3v) is 4.94. The molecule has 7 nitrogen and oxygen atoms in total. The van der Waals surface area contributed by atoms with Crippen LogP contribution in [0, 0.1) is 6.92 Å². The molecule has 1 aliphatic rings. The molecule has 1 aromatic heterocycles. The molecule has 0 aliphatic heterocycles. The molecule has 1 fully saturated rings. The van der Waals surface area contributed by atoms with Gasteiger partial charge >= 0.3 is 5.97 Å². The van der Waals surface area contributed by atoms with Crippen molar-refractivity contribution in [3.8, 4) is 5.75 Å². The Morgan fingerprint density at radius 3 is 2.48 bits per heavy atom. The Bertz CT molecular complexity index is 843. The molecule has 0 bridgehead atoms. The lowest BCUT2D eigenvalue weighted by Gasteiger charge is -2.22. The van der Waals surface area contributed by atoms with Crippen molar-refractivity contribution >= 4 is 23.5 Å². The molecule has 0 spiro atoms. The highest BCUT2D eigenvalue weighted by atomic mass is 35.5. The number of methoxy groups -OCH3 is 1. The van der Waals surface area contributed by atoms with Gasteiger partial charge in [-0.15, -0.1) is 0 Å². The number of hydrogen-bond donors (Lipinski definition) is 0. The summed E-state index contributed by atoms with van der Waals surface area (Å²) in [7, 11) is 3.25. The summed E-state index contributed by atoms with van der Waals surface area (Å²) in [6, 6.07) is 7.76. The van der Waals surface area contributed by atoms with Crippen LogP contribution in [-0.2, 0) is 23.1 Å². The summed E-state index contributed by atoms with van der Waals surface area (Å²) in [6.45, 7) is 1.82. The van der Waals surface area contributed by atoms with Gasteiger partial charge in [0.1, 0.15) is 16.5 Å². The van der Waals surface area contributed by atoms with Gasteiger partial charge in [-0.3, -0.25) is 9.48 Å². The zero-order valence-electron chi connectivity index (χ0n) is 15.6. The van der Waals surface area contributed by atoms with Crippen LogP contribution in [-0.4, -0.2) is 46.3 Å². The highest BCUT2D eigenvalue weighted by molar-refractivity contribution is 6.32. The average molecular weight is 392 g/mol. The zero-order valence-corrected chi connectivity index (χ0v) is 16.3. The van der Waals surface area contributed by atoms with Crippen molar-refractivity contribution in [1.82, 2.24) is 14.7 Å². The smallest absolute Gasteiger partial charge is 0.343 e. The third kappa shape index (κ3) is 4.42. The molecule has 1 aromatic carbocycles. The van der Waals surface area contributed by atoms with Crippen LogP contribution >= 0.6 is 11.6 Å². The number of benzene rings is 1. The fourth-order valence-corrected chi connectivity index (χ4v) is 3.13. The first kappa shape index (κ1) is 19.2. The lowest BCUT2D eigenvalue weighted by Crippen LogP contribution is -2.36. The Balaban J connectivity index is 1.62. The van der Waals surface area contributed by atoms with E-state index in [1.165, 1.54) is 4.68 Å². The van der Waals surface area contributed by atoms with E-state index in [9.17, 15) is 9.59 Å². The molecule has 144 valence electrons. The van der Waals surface area contributed by atoms with Crippen molar-refractivity contribution in [3.63, 3.8) is 0 Å². The quantitative estimate of drug-likeness (QED) is 0.678. The van der Waals surface area contributed by atoms with Gasteiger partial charge in [-0.25, -0.2) is 4.79 Å². The van der Waals surface area contributed by atoms with E-state index in [1.807, 2.05) is 24.3 Å². The largest absolute Gasteiger partial charge is 0.497 e. The molecule has 0 saturated heterocycles. The predicted molar refractivity (Wildman–Crippen MR) is 99.8 cm³/mol. The predicted octanol–water partition coefficient (Wildman–Crippen LogP) is 2.74. The topological polar surface area (TPSA) is 73.7 Å². The number of esters is 1. The van der Waals surface area contributed by atoms with E-state index in [-0.39, 0.29) is 29.3 Å². The van der Waals surface area contributed by atoms with Gasteiger partial charge in [0, 0.05) is 19.6 Å². The maximum Gasteiger partial charge on any atom is 0.343 e. The normalized spacial score (nSPS) is 13.3. The maximum absolute atomic E-state index is 12.6. The molecule has 0 atom stereocenters. The van der Waals surface area contributed by atoms with E-state index in [2.05, 4.69) is 5.10 Å². The lowest BCUT2D eigenvalue weighted by atomic mass is 10.2. The minimum Gasteiger partial charge on any atom is -0.497 e. The molecule has 8 heteroatoms. The molecule has 1 heterocycles. The Kier molecular flexibility index (Phi) is 5.70. The van der Waals surface area contributed by atoms with Gasteiger partial charge < -0.3 is 14.4 Å². The summed E-state index contributed by atoms with van der Waals surface area (Å²) in [4.78, 5) is 26.7. The monoisotopic (exact) mass is 391 g/mol. The Labute approximate surface area is 162 Å². The van der Waals surface area contributed by atoms with Crippen LogP contribution in [0.25, 0.3) is 0 Å². The summed E-state index contributed by atoms with van der Waals surface area (Å²) < 4.78 is 11.8. The lowest BCUT2D eigenvalue weighted by molar-refractivity contribution is -0.135. The first-order valence-electron chi connectivity index (χ1n) is 8.69. The molecule has 2 aromatic rings. The van der Waals surface area contributed by atoms with Crippen molar-refractivity contribution in [2.24, 2.45) is 7.05 Å². The average Bonchev–Trinajstić information content (AvgIpc) is 3.45. The molecule has 3 rings (SSSR count). The van der Waals surface area contributed by atoms with Crippen LogP contribution in [0.1, 0.15) is 34.5 Å². The van der Waals surface area contributed by atoms with Gasteiger partial charge in [0.05, 0.1) is 12.8 Å². The molecule has 0 unspecified atom stereocenters. The van der Waals surface area contributed by atoms with Crippen LogP contribution in [0.4, 0.5) is 0 Å². The first-order chi connectivity index (χ1) is 12.9. The van der Waals surface area contributed by atoms with Crippen molar-refractivity contribution < 1.29 is 19.1 Å². The second-order valence-corrected chi connectivity index (χ2v) is 6.91. The van der Waals surface area contributed by atoms with Gasteiger partial charge in [-0.1, -0.05) is 23.7 Å². The molecule has 1 saturated carbocycles. The van der Waals surface area contributed by atoms with Crippen molar-refractivity contribution in [3.05, 3.63) is 46.2 Å². The second-order valence-electron chi connectivity index (χ2n) is 6.55. The molecule has 27 heavy (non-hydrogen) atoms. The van der Waals surface area contributed by atoms with Gasteiger partial charge in [0.2, 0.25) is 0 Å². The molecule has 0 N–H and O–H groups in total. The summed E-state index contributed by atoms with van der Waals surface area (Å²) in [5, 5.41) is 4.28. The van der Waals surface area contributed by atoms with E-state index in [1.54, 1.807) is 26.0 Å². The summed E-state index contributed by atoms with van der Waals surface area (Å²) in [5.74, 6) is -0.0980. The number of rotatable bonds is 7. The summed E-state index contributed by atoms with van der Waals surface area (Å²) >= 11 is 6.07. The number of carbonyl (C=O) groups is 2. The van der Waals surface area contributed by atoms with Gasteiger partial charge in [0.15, 0.2) is 6.61 Å². The van der Waals surface area contributed by atoms with Crippen LogP contribution in [0.15, 0.2) is 24.3 Å². The zero-order chi connectivity index (χ0) is 19.6. The van der Waals surface area contributed by atoms with E-state index in [0.29, 0.717) is 12.2 Å². The Morgan fingerprint density at radius 2 is 1.96 bits per heavy atom. The fraction of sp³-hybridized carbons (Fsp3) is 0.421. The van der Waals surface area contributed by atoms with Crippen molar-refractivity contribution in [2.75, 3.05) is 13.7 Å². The van der Waals surface area contributed by atoms with Crippen LogP contribution in [0.2, 0.25) is 5.15 Å². The first-order valence-corrected chi connectivity index (χ1v) is 9.07. The molecule has 1 aliphatic carbocycles. The number of hydrogen-bond acceptors (Lipinski definition) is 5. The highest BCUT2D eigenvalue weighted by Gasteiger charge is 2.33. The number of halogens is 1. The van der Waals surface area contributed by atoms with Gasteiger partial charge in [0.25, 0.3) is 5.91 Å². The number of aryl methyl sites for hydroxylation is 2. The van der Waals surface area contributed by atoms with E-state index in [0.717, 1.165) is 24.2 Å². The molecule has 0 radical (unpaired) electrons. The second kappa shape index (κ2) is 8.00.